The number of nitriles is 1. The molecule has 1 saturated carbocycles. The monoisotopic (exact) mass is 400 g/mol. The van der Waals surface area contributed by atoms with Gasteiger partial charge in [-0.15, -0.1) is 5.10 Å². The van der Waals surface area contributed by atoms with Gasteiger partial charge in [0.25, 0.3) is 0 Å². The summed E-state index contributed by atoms with van der Waals surface area (Å²) in [4.78, 5) is 18.8. The van der Waals surface area contributed by atoms with E-state index >= 15 is 0 Å². The fraction of sp³-hybridized carbons (Fsp3) is 0.200. The van der Waals surface area contributed by atoms with Crippen molar-refractivity contribution in [3.63, 3.8) is 0 Å². The lowest BCUT2D eigenvalue weighted by atomic mass is 10.1. The standard InChI is InChI=1S/C20H16N8S/c1-11-9-22-10-23-15(11)17-16(14-4-2-3-12(7-14)8-21)24-20(29-17)26-19-25-18(27-28-19)13-5-6-13/h2-4,7,9-10,13H,5-6H2,1H3,(H2,24,25,26,27,28). The summed E-state index contributed by atoms with van der Waals surface area (Å²) in [5.41, 5.74) is 3.97. The smallest absolute Gasteiger partial charge is 0.248 e. The number of thiazole rings is 1. The number of benzene rings is 1. The largest absolute Gasteiger partial charge is 0.299 e. The Labute approximate surface area is 170 Å². The summed E-state index contributed by atoms with van der Waals surface area (Å²) in [6.45, 7) is 1.97. The van der Waals surface area contributed by atoms with Crippen LogP contribution in [0.15, 0.2) is 36.8 Å². The van der Waals surface area contributed by atoms with E-state index in [1.165, 1.54) is 17.7 Å². The first-order chi connectivity index (χ1) is 14.2. The molecule has 1 aromatic carbocycles. The highest BCUT2D eigenvalue weighted by molar-refractivity contribution is 7.19. The lowest BCUT2D eigenvalue weighted by molar-refractivity contribution is 0.935. The van der Waals surface area contributed by atoms with E-state index in [-0.39, 0.29) is 0 Å². The molecule has 0 radical (unpaired) electrons. The van der Waals surface area contributed by atoms with E-state index in [0.717, 1.165) is 46.1 Å². The zero-order valence-corrected chi connectivity index (χ0v) is 16.4. The van der Waals surface area contributed by atoms with Crippen molar-refractivity contribution in [1.29, 1.82) is 5.26 Å². The van der Waals surface area contributed by atoms with Gasteiger partial charge < -0.3 is 0 Å². The molecule has 0 atom stereocenters. The number of aryl methyl sites for hydroxylation is 1. The Morgan fingerprint density at radius 3 is 2.93 bits per heavy atom. The summed E-state index contributed by atoms with van der Waals surface area (Å²) in [7, 11) is 0. The number of nitrogens with zero attached hydrogens (tertiary/aromatic N) is 6. The summed E-state index contributed by atoms with van der Waals surface area (Å²) < 4.78 is 0. The Morgan fingerprint density at radius 1 is 1.24 bits per heavy atom. The van der Waals surface area contributed by atoms with Gasteiger partial charge in [0.05, 0.1) is 27.9 Å². The zero-order chi connectivity index (χ0) is 19.8. The number of rotatable bonds is 5. The van der Waals surface area contributed by atoms with Gasteiger partial charge in [-0.05, 0) is 37.5 Å². The number of hydrogen-bond acceptors (Lipinski definition) is 8. The zero-order valence-electron chi connectivity index (χ0n) is 15.5. The number of aromatic amines is 1. The molecule has 0 unspecified atom stereocenters. The normalized spacial score (nSPS) is 13.2. The fourth-order valence-electron chi connectivity index (χ4n) is 3.07. The van der Waals surface area contributed by atoms with Crippen LogP contribution in [0.3, 0.4) is 0 Å². The number of anilines is 2. The predicted octanol–water partition coefficient (Wildman–Crippen LogP) is 4.19. The number of aromatic nitrogens is 6. The van der Waals surface area contributed by atoms with Gasteiger partial charge in [0.15, 0.2) is 5.13 Å². The summed E-state index contributed by atoms with van der Waals surface area (Å²) in [5, 5.41) is 20.4. The fourth-order valence-corrected chi connectivity index (χ4v) is 4.11. The molecule has 0 bridgehead atoms. The third-order valence-corrected chi connectivity index (χ3v) is 5.67. The van der Waals surface area contributed by atoms with E-state index in [0.29, 0.717) is 22.6 Å². The second kappa shape index (κ2) is 7.07. The van der Waals surface area contributed by atoms with E-state index in [2.05, 4.69) is 36.5 Å². The van der Waals surface area contributed by atoms with E-state index < -0.39 is 0 Å². The average molecular weight is 400 g/mol. The summed E-state index contributed by atoms with van der Waals surface area (Å²) >= 11 is 1.47. The molecular formula is C20H16N8S. The van der Waals surface area contributed by atoms with Gasteiger partial charge >= 0.3 is 0 Å². The average Bonchev–Trinajstić information content (AvgIpc) is 3.35. The SMILES string of the molecule is Cc1cncnc1-c1sc(Nc2n[nH]c(C3CC3)n2)nc1-c1cccc(C#N)c1. The second-order valence-corrected chi connectivity index (χ2v) is 7.89. The summed E-state index contributed by atoms with van der Waals surface area (Å²) in [6, 6.07) is 9.59. The van der Waals surface area contributed by atoms with Gasteiger partial charge in [-0.3, -0.25) is 10.4 Å². The molecule has 0 spiro atoms. The molecule has 3 aromatic heterocycles. The first kappa shape index (κ1) is 17.5. The van der Waals surface area contributed by atoms with Crippen molar-refractivity contribution in [3.05, 3.63) is 53.7 Å². The van der Waals surface area contributed by atoms with Gasteiger partial charge in [0.1, 0.15) is 12.2 Å². The molecule has 29 heavy (non-hydrogen) atoms. The van der Waals surface area contributed by atoms with E-state index in [1.807, 2.05) is 25.1 Å². The Bertz CT molecular complexity index is 1230. The molecule has 2 N–H and O–H groups in total. The lowest BCUT2D eigenvalue weighted by Crippen LogP contribution is -1.92. The minimum atomic E-state index is 0.498. The summed E-state index contributed by atoms with van der Waals surface area (Å²) in [6.07, 6.45) is 5.62. The molecule has 8 nitrogen and oxygen atoms in total. The number of hydrogen-bond donors (Lipinski definition) is 2. The third-order valence-electron chi connectivity index (χ3n) is 4.69. The molecule has 3 heterocycles. The highest BCUT2D eigenvalue weighted by Crippen LogP contribution is 2.41. The maximum Gasteiger partial charge on any atom is 0.248 e. The van der Waals surface area contributed by atoms with E-state index in [9.17, 15) is 5.26 Å². The molecule has 142 valence electrons. The van der Waals surface area contributed by atoms with Crippen molar-refractivity contribution in [3.8, 4) is 27.9 Å². The molecule has 0 aliphatic heterocycles. The van der Waals surface area contributed by atoms with Crippen LogP contribution in [0, 0.1) is 18.3 Å². The second-order valence-electron chi connectivity index (χ2n) is 6.89. The van der Waals surface area contributed by atoms with E-state index in [1.54, 1.807) is 12.3 Å². The van der Waals surface area contributed by atoms with Crippen molar-refractivity contribution >= 4 is 22.4 Å². The van der Waals surface area contributed by atoms with Crippen LogP contribution in [0.25, 0.3) is 21.8 Å². The van der Waals surface area contributed by atoms with Crippen molar-refractivity contribution in [2.45, 2.75) is 25.7 Å². The van der Waals surface area contributed by atoms with Crippen LogP contribution in [-0.2, 0) is 0 Å². The Balaban J connectivity index is 1.57. The van der Waals surface area contributed by atoms with Crippen molar-refractivity contribution in [2.24, 2.45) is 0 Å². The van der Waals surface area contributed by atoms with Crippen LogP contribution in [-0.4, -0.2) is 30.1 Å². The van der Waals surface area contributed by atoms with E-state index in [4.69, 9.17) is 4.98 Å². The quantitative estimate of drug-likeness (QED) is 0.516. The molecular weight excluding hydrogens is 384 g/mol. The van der Waals surface area contributed by atoms with Crippen LogP contribution in [0.2, 0.25) is 0 Å². The minimum absolute atomic E-state index is 0.498. The number of H-pyrrole nitrogens is 1. The van der Waals surface area contributed by atoms with Crippen LogP contribution in [0.1, 0.15) is 35.7 Å². The van der Waals surface area contributed by atoms with Crippen LogP contribution < -0.4 is 5.32 Å². The van der Waals surface area contributed by atoms with Crippen LogP contribution >= 0.6 is 11.3 Å². The van der Waals surface area contributed by atoms with Gasteiger partial charge in [0, 0.05) is 17.7 Å². The predicted molar refractivity (Wildman–Crippen MR) is 110 cm³/mol. The molecule has 0 saturated heterocycles. The van der Waals surface area contributed by atoms with Gasteiger partial charge in [0.2, 0.25) is 5.95 Å². The molecule has 1 aliphatic carbocycles. The van der Waals surface area contributed by atoms with Crippen LogP contribution in [0.5, 0.6) is 0 Å². The van der Waals surface area contributed by atoms with Crippen molar-refractivity contribution in [2.75, 3.05) is 5.32 Å². The molecule has 5 rings (SSSR count). The van der Waals surface area contributed by atoms with Gasteiger partial charge in [-0.25, -0.2) is 15.0 Å². The third kappa shape index (κ3) is 3.46. The first-order valence-corrected chi connectivity index (χ1v) is 10.0. The molecule has 1 fully saturated rings. The molecule has 0 amide bonds. The Hall–Kier alpha value is -3.64. The number of nitrogens with one attached hydrogen (secondary N) is 2. The summed E-state index contributed by atoms with van der Waals surface area (Å²) in [5.74, 6) is 1.92. The minimum Gasteiger partial charge on any atom is -0.299 e. The lowest BCUT2D eigenvalue weighted by Gasteiger charge is -2.04. The van der Waals surface area contributed by atoms with Crippen molar-refractivity contribution < 1.29 is 0 Å². The molecule has 9 heteroatoms. The highest BCUT2D eigenvalue weighted by Gasteiger charge is 2.27. The topological polar surface area (TPSA) is 116 Å². The highest BCUT2D eigenvalue weighted by atomic mass is 32.1. The van der Waals surface area contributed by atoms with Crippen molar-refractivity contribution in [1.82, 2.24) is 30.1 Å². The molecule has 1 aliphatic rings. The van der Waals surface area contributed by atoms with Crippen LogP contribution in [0.4, 0.5) is 11.1 Å². The van der Waals surface area contributed by atoms with Gasteiger partial charge in [-0.1, -0.05) is 23.5 Å². The van der Waals surface area contributed by atoms with Gasteiger partial charge in [-0.2, -0.15) is 10.2 Å². The maximum atomic E-state index is 9.27. The molecule has 4 aromatic rings. The Kier molecular flexibility index (Phi) is 4.26. The maximum absolute atomic E-state index is 9.27. The first-order valence-electron chi connectivity index (χ1n) is 9.19. The Morgan fingerprint density at radius 2 is 2.14 bits per heavy atom.